The van der Waals surface area contributed by atoms with Crippen LogP contribution in [0.1, 0.15) is 5.56 Å². The van der Waals surface area contributed by atoms with Gasteiger partial charge in [0.05, 0.1) is 17.8 Å². The fourth-order valence-electron chi connectivity index (χ4n) is 1.94. The standard InChI is InChI=1S/C15H16N4O/c16-12-13-4-1-2-5-14(13)18-15(20)6-3-9-19-10-7-17-8-11-19/h1-2,4-5,17H,7-11H2,(H,18,20). The number of carbonyl (C=O) groups is 1. The zero-order valence-corrected chi connectivity index (χ0v) is 11.1. The largest absolute Gasteiger partial charge is 0.314 e. The van der Waals surface area contributed by atoms with E-state index >= 15 is 0 Å². The van der Waals surface area contributed by atoms with Crippen molar-refractivity contribution in [2.75, 3.05) is 38.0 Å². The zero-order valence-electron chi connectivity index (χ0n) is 11.1. The Hall–Kier alpha value is -2.34. The molecular formula is C15H16N4O. The third-order valence-corrected chi connectivity index (χ3v) is 3.01. The van der Waals surface area contributed by atoms with Gasteiger partial charge in [-0.2, -0.15) is 5.26 Å². The lowest BCUT2D eigenvalue weighted by Gasteiger charge is -2.24. The summed E-state index contributed by atoms with van der Waals surface area (Å²) >= 11 is 0. The maximum atomic E-state index is 11.7. The molecule has 5 heteroatoms. The fourth-order valence-corrected chi connectivity index (χ4v) is 1.94. The Morgan fingerprint density at radius 1 is 1.35 bits per heavy atom. The van der Waals surface area contributed by atoms with Gasteiger partial charge in [-0.15, -0.1) is 0 Å². The lowest BCUT2D eigenvalue weighted by Crippen LogP contribution is -2.43. The number of nitrogens with one attached hydrogen (secondary N) is 2. The Balaban J connectivity index is 1.88. The molecule has 0 atom stereocenters. The van der Waals surface area contributed by atoms with Crippen molar-refractivity contribution in [1.29, 1.82) is 5.26 Å². The molecule has 20 heavy (non-hydrogen) atoms. The molecule has 1 aromatic rings. The first-order valence-electron chi connectivity index (χ1n) is 6.51. The maximum Gasteiger partial charge on any atom is 0.300 e. The van der Waals surface area contributed by atoms with Crippen molar-refractivity contribution in [2.24, 2.45) is 0 Å². The Morgan fingerprint density at radius 2 is 2.10 bits per heavy atom. The van der Waals surface area contributed by atoms with Crippen LogP contribution in [0.15, 0.2) is 24.3 Å². The van der Waals surface area contributed by atoms with Crippen molar-refractivity contribution in [3.63, 3.8) is 0 Å². The number of nitrogens with zero attached hydrogens (tertiary/aromatic N) is 2. The summed E-state index contributed by atoms with van der Waals surface area (Å²) in [6.07, 6.45) is 0. The highest BCUT2D eigenvalue weighted by molar-refractivity contribution is 6.04. The minimum absolute atomic E-state index is 0.386. The summed E-state index contributed by atoms with van der Waals surface area (Å²) in [5, 5.41) is 14.8. The second-order valence-corrected chi connectivity index (χ2v) is 4.44. The molecular weight excluding hydrogens is 252 g/mol. The number of hydrogen-bond donors (Lipinski definition) is 2. The van der Waals surface area contributed by atoms with E-state index in [-0.39, 0.29) is 5.91 Å². The van der Waals surface area contributed by atoms with Crippen LogP contribution in [0.4, 0.5) is 5.69 Å². The lowest BCUT2D eigenvalue weighted by atomic mass is 10.2. The van der Waals surface area contributed by atoms with Crippen molar-refractivity contribution in [3.05, 3.63) is 29.8 Å². The minimum atomic E-state index is -0.386. The Labute approximate surface area is 118 Å². The average molecular weight is 268 g/mol. The smallest absolute Gasteiger partial charge is 0.300 e. The number of rotatable bonds is 2. The first-order valence-corrected chi connectivity index (χ1v) is 6.51. The third-order valence-electron chi connectivity index (χ3n) is 3.01. The van der Waals surface area contributed by atoms with Crippen LogP contribution < -0.4 is 10.6 Å². The molecule has 1 aliphatic rings. The van der Waals surface area contributed by atoms with Gasteiger partial charge in [0, 0.05) is 26.2 Å². The summed E-state index contributed by atoms with van der Waals surface area (Å²) in [5.74, 6) is 5.04. The molecule has 0 spiro atoms. The molecule has 0 saturated carbocycles. The fraction of sp³-hybridized carbons (Fsp3) is 0.333. The lowest BCUT2D eigenvalue weighted by molar-refractivity contribution is -0.111. The van der Waals surface area contributed by atoms with E-state index in [0.717, 1.165) is 26.2 Å². The molecule has 2 N–H and O–H groups in total. The highest BCUT2D eigenvalue weighted by Gasteiger charge is 2.07. The molecule has 0 aliphatic carbocycles. The molecule has 102 valence electrons. The minimum Gasteiger partial charge on any atom is -0.314 e. The van der Waals surface area contributed by atoms with Gasteiger partial charge in [-0.1, -0.05) is 18.1 Å². The van der Waals surface area contributed by atoms with E-state index in [1.165, 1.54) is 0 Å². The van der Waals surface area contributed by atoms with Gasteiger partial charge in [0.2, 0.25) is 0 Å². The summed E-state index contributed by atoms with van der Waals surface area (Å²) in [6.45, 7) is 4.42. The van der Waals surface area contributed by atoms with Gasteiger partial charge in [-0.05, 0) is 18.1 Å². The van der Waals surface area contributed by atoms with Crippen LogP contribution in [-0.4, -0.2) is 43.5 Å². The van der Waals surface area contributed by atoms with Gasteiger partial charge >= 0.3 is 0 Å². The van der Waals surface area contributed by atoms with E-state index in [2.05, 4.69) is 27.4 Å². The second-order valence-electron chi connectivity index (χ2n) is 4.44. The van der Waals surface area contributed by atoms with Crippen molar-refractivity contribution >= 4 is 11.6 Å². The van der Waals surface area contributed by atoms with Gasteiger partial charge in [-0.25, -0.2) is 0 Å². The Morgan fingerprint density at radius 3 is 2.85 bits per heavy atom. The molecule has 1 saturated heterocycles. The molecule has 0 aromatic heterocycles. The number of hydrogen-bond acceptors (Lipinski definition) is 4. The Kier molecular flexibility index (Phi) is 5.14. The molecule has 0 bridgehead atoms. The predicted molar refractivity (Wildman–Crippen MR) is 76.9 cm³/mol. The normalized spacial score (nSPS) is 14.8. The predicted octanol–water partition coefficient (Wildman–Crippen LogP) is 0.405. The van der Waals surface area contributed by atoms with E-state index in [4.69, 9.17) is 5.26 Å². The molecule has 1 aromatic carbocycles. The quantitative estimate of drug-likeness (QED) is 0.762. The van der Waals surface area contributed by atoms with Gasteiger partial charge < -0.3 is 10.6 Å². The van der Waals surface area contributed by atoms with Crippen LogP contribution in [0.5, 0.6) is 0 Å². The summed E-state index contributed by atoms with van der Waals surface area (Å²) in [7, 11) is 0. The van der Waals surface area contributed by atoms with E-state index in [1.54, 1.807) is 24.3 Å². The number of para-hydroxylation sites is 1. The van der Waals surface area contributed by atoms with Crippen LogP contribution in [0, 0.1) is 23.2 Å². The van der Waals surface area contributed by atoms with Crippen LogP contribution in [0.3, 0.4) is 0 Å². The third kappa shape index (κ3) is 4.10. The molecule has 2 rings (SSSR count). The number of piperazine rings is 1. The first kappa shape index (κ1) is 14.1. The van der Waals surface area contributed by atoms with Gasteiger partial charge in [-0.3, -0.25) is 9.69 Å². The van der Waals surface area contributed by atoms with Crippen molar-refractivity contribution in [2.45, 2.75) is 0 Å². The maximum absolute atomic E-state index is 11.7. The van der Waals surface area contributed by atoms with E-state index in [9.17, 15) is 4.79 Å². The van der Waals surface area contributed by atoms with Crippen LogP contribution in [0.25, 0.3) is 0 Å². The molecule has 1 aliphatic heterocycles. The van der Waals surface area contributed by atoms with E-state index < -0.39 is 0 Å². The Bertz CT molecular complexity index is 574. The van der Waals surface area contributed by atoms with Gasteiger partial charge in [0.25, 0.3) is 5.91 Å². The number of carbonyl (C=O) groups excluding carboxylic acids is 1. The zero-order chi connectivity index (χ0) is 14.2. The number of nitriles is 1. The molecule has 0 radical (unpaired) electrons. The van der Waals surface area contributed by atoms with Crippen molar-refractivity contribution in [1.82, 2.24) is 10.2 Å². The molecule has 1 heterocycles. The number of amides is 1. The summed E-state index contributed by atoms with van der Waals surface area (Å²) in [6, 6.07) is 8.90. The SMILES string of the molecule is N#Cc1ccccc1NC(=O)C#CCN1CCNCC1. The first-order chi connectivity index (χ1) is 9.79. The van der Waals surface area contributed by atoms with E-state index in [0.29, 0.717) is 17.8 Å². The molecule has 1 fully saturated rings. The van der Waals surface area contributed by atoms with Gasteiger partial charge in [0.15, 0.2) is 0 Å². The summed E-state index contributed by atoms with van der Waals surface area (Å²) < 4.78 is 0. The summed E-state index contributed by atoms with van der Waals surface area (Å²) in [5.41, 5.74) is 0.932. The monoisotopic (exact) mass is 268 g/mol. The number of anilines is 1. The molecule has 0 unspecified atom stereocenters. The molecule has 5 nitrogen and oxygen atoms in total. The average Bonchev–Trinajstić information content (AvgIpc) is 2.49. The van der Waals surface area contributed by atoms with Crippen LogP contribution in [-0.2, 0) is 4.79 Å². The van der Waals surface area contributed by atoms with Gasteiger partial charge in [0.1, 0.15) is 6.07 Å². The highest BCUT2D eigenvalue weighted by atomic mass is 16.1. The van der Waals surface area contributed by atoms with E-state index in [1.807, 2.05) is 6.07 Å². The molecule has 1 amide bonds. The van der Waals surface area contributed by atoms with Crippen molar-refractivity contribution in [3.8, 4) is 17.9 Å². The van der Waals surface area contributed by atoms with Crippen LogP contribution >= 0.6 is 0 Å². The second kappa shape index (κ2) is 7.30. The number of benzene rings is 1. The van der Waals surface area contributed by atoms with Crippen LogP contribution in [0.2, 0.25) is 0 Å². The summed E-state index contributed by atoms with van der Waals surface area (Å²) in [4.78, 5) is 13.9. The highest BCUT2D eigenvalue weighted by Crippen LogP contribution is 2.12. The topological polar surface area (TPSA) is 68.2 Å². The van der Waals surface area contributed by atoms with Crippen molar-refractivity contribution < 1.29 is 4.79 Å².